The normalized spacial score (nSPS) is 10.8. The van der Waals surface area contributed by atoms with E-state index in [0.717, 1.165) is 22.0 Å². The smallest absolute Gasteiger partial charge is 0.258 e. The Labute approximate surface area is 132 Å². The summed E-state index contributed by atoms with van der Waals surface area (Å²) in [5.74, 6) is 1.47. The molecule has 0 saturated carbocycles. The Bertz CT molecular complexity index is 874. The molecule has 2 heterocycles. The summed E-state index contributed by atoms with van der Waals surface area (Å²) in [5, 5.41) is 0. The van der Waals surface area contributed by atoms with E-state index in [9.17, 15) is 4.79 Å². The van der Waals surface area contributed by atoms with Crippen molar-refractivity contribution in [3.05, 3.63) is 70.3 Å². The molecule has 3 rings (SSSR count). The molecular weight excluding hydrogens is 296 g/mol. The van der Waals surface area contributed by atoms with Crippen molar-refractivity contribution in [2.45, 2.75) is 17.6 Å². The monoisotopic (exact) mass is 312 g/mol. The third-order valence-corrected chi connectivity index (χ3v) is 4.39. The van der Waals surface area contributed by atoms with Crippen LogP contribution in [0.2, 0.25) is 0 Å². The van der Waals surface area contributed by atoms with Gasteiger partial charge in [-0.3, -0.25) is 9.20 Å². The summed E-state index contributed by atoms with van der Waals surface area (Å²) in [4.78, 5) is 17.9. The number of rotatable bonds is 4. The number of hydrogen-bond donors (Lipinski definition) is 0. The van der Waals surface area contributed by atoms with Crippen molar-refractivity contribution in [2.75, 3.05) is 7.11 Å². The van der Waals surface area contributed by atoms with E-state index >= 15 is 0 Å². The van der Waals surface area contributed by atoms with E-state index in [4.69, 9.17) is 4.74 Å². The SMILES string of the molecule is COc1cccc(SCc2cc(=O)n3c(C)cccc3n2)c1. The molecule has 0 fully saturated rings. The zero-order chi connectivity index (χ0) is 15.5. The molecule has 0 aliphatic carbocycles. The highest BCUT2D eigenvalue weighted by atomic mass is 32.2. The molecule has 3 aromatic rings. The summed E-state index contributed by atoms with van der Waals surface area (Å²) in [6.45, 7) is 1.90. The summed E-state index contributed by atoms with van der Waals surface area (Å²) in [5.41, 5.74) is 2.32. The fourth-order valence-electron chi connectivity index (χ4n) is 2.29. The van der Waals surface area contributed by atoms with Gasteiger partial charge in [-0.1, -0.05) is 12.1 Å². The standard InChI is InChI=1S/C17H16N2O2S/c1-12-5-3-8-16-18-13(9-17(20)19(12)16)11-22-15-7-4-6-14(10-15)21-2/h3-10H,11H2,1-2H3. The van der Waals surface area contributed by atoms with Gasteiger partial charge in [0, 0.05) is 22.4 Å². The van der Waals surface area contributed by atoms with Gasteiger partial charge in [0.15, 0.2) is 0 Å². The summed E-state index contributed by atoms with van der Waals surface area (Å²) < 4.78 is 6.84. The second-order valence-electron chi connectivity index (χ2n) is 4.91. The van der Waals surface area contributed by atoms with E-state index < -0.39 is 0 Å². The molecule has 0 N–H and O–H groups in total. The van der Waals surface area contributed by atoms with Gasteiger partial charge in [0.05, 0.1) is 12.8 Å². The van der Waals surface area contributed by atoms with Gasteiger partial charge in [0.25, 0.3) is 5.56 Å². The van der Waals surface area contributed by atoms with Crippen LogP contribution in [0.3, 0.4) is 0 Å². The lowest BCUT2D eigenvalue weighted by molar-refractivity contribution is 0.413. The fourth-order valence-corrected chi connectivity index (χ4v) is 3.12. The minimum atomic E-state index is -0.0376. The van der Waals surface area contributed by atoms with Crippen LogP contribution in [0, 0.1) is 6.92 Å². The molecule has 4 nitrogen and oxygen atoms in total. The van der Waals surface area contributed by atoms with Gasteiger partial charge in [-0.15, -0.1) is 11.8 Å². The van der Waals surface area contributed by atoms with Crippen molar-refractivity contribution in [1.82, 2.24) is 9.38 Å². The Morgan fingerprint density at radius 2 is 2.00 bits per heavy atom. The van der Waals surface area contributed by atoms with Crippen LogP contribution in [0.5, 0.6) is 5.75 Å². The molecule has 0 unspecified atom stereocenters. The first-order chi connectivity index (χ1) is 10.7. The summed E-state index contributed by atoms with van der Waals surface area (Å²) in [7, 11) is 1.65. The predicted molar refractivity (Wildman–Crippen MR) is 88.8 cm³/mol. The number of nitrogens with zero attached hydrogens (tertiary/aromatic N) is 2. The Morgan fingerprint density at radius 3 is 2.82 bits per heavy atom. The molecule has 5 heteroatoms. The van der Waals surface area contributed by atoms with Gasteiger partial charge in [-0.05, 0) is 37.3 Å². The lowest BCUT2D eigenvalue weighted by atomic mass is 10.3. The number of methoxy groups -OCH3 is 1. The van der Waals surface area contributed by atoms with E-state index in [1.165, 1.54) is 0 Å². The van der Waals surface area contributed by atoms with Gasteiger partial charge >= 0.3 is 0 Å². The van der Waals surface area contributed by atoms with Crippen molar-refractivity contribution >= 4 is 17.4 Å². The minimum absolute atomic E-state index is 0.0376. The quantitative estimate of drug-likeness (QED) is 0.693. The van der Waals surface area contributed by atoms with E-state index in [1.807, 2.05) is 49.4 Å². The first-order valence-electron chi connectivity index (χ1n) is 6.92. The maximum absolute atomic E-state index is 12.2. The molecule has 112 valence electrons. The van der Waals surface area contributed by atoms with Crippen LogP contribution in [-0.4, -0.2) is 16.5 Å². The Morgan fingerprint density at radius 1 is 1.18 bits per heavy atom. The fraction of sp³-hybridized carbons (Fsp3) is 0.176. The topological polar surface area (TPSA) is 43.6 Å². The highest BCUT2D eigenvalue weighted by Crippen LogP contribution is 2.25. The number of benzene rings is 1. The van der Waals surface area contributed by atoms with E-state index in [2.05, 4.69) is 4.98 Å². The maximum atomic E-state index is 12.2. The van der Waals surface area contributed by atoms with Crippen LogP contribution < -0.4 is 10.3 Å². The summed E-state index contributed by atoms with van der Waals surface area (Å²) >= 11 is 1.63. The summed E-state index contributed by atoms with van der Waals surface area (Å²) in [6, 6.07) is 15.1. The molecule has 0 saturated heterocycles. The van der Waals surface area contributed by atoms with Crippen molar-refractivity contribution < 1.29 is 4.74 Å². The molecule has 0 aliphatic heterocycles. The maximum Gasteiger partial charge on any atom is 0.258 e. The second-order valence-corrected chi connectivity index (χ2v) is 5.96. The zero-order valence-corrected chi connectivity index (χ0v) is 13.3. The molecule has 2 aromatic heterocycles. The van der Waals surface area contributed by atoms with Crippen molar-refractivity contribution in [3.63, 3.8) is 0 Å². The molecule has 0 spiro atoms. The van der Waals surface area contributed by atoms with Gasteiger partial charge < -0.3 is 4.74 Å². The Kier molecular flexibility index (Phi) is 4.15. The van der Waals surface area contributed by atoms with Crippen LogP contribution in [0.15, 0.2) is 58.2 Å². The predicted octanol–water partition coefficient (Wildman–Crippen LogP) is 3.30. The number of thioether (sulfide) groups is 1. The molecule has 0 radical (unpaired) electrons. The average molecular weight is 312 g/mol. The molecule has 0 aliphatic rings. The Balaban J connectivity index is 1.87. The molecule has 22 heavy (non-hydrogen) atoms. The van der Waals surface area contributed by atoms with Crippen LogP contribution >= 0.6 is 11.8 Å². The highest BCUT2D eigenvalue weighted by Gasteiger charge is 2.05. The third kappa shape index (κ3) is 2.99. The number of pyridine rings is 1. The largest absolute Gasteiger partial charge is 0.497 e. The molecule has 0 atom stereocenters. The van der Waals surface area contributed by atoms with Gasteiger partial charge in [0.1, 0.15) is 11.4 Å². The van der Waals surface area contributed by atoms with Gasteiger partial charge in [-0.2, -0.15) is 0 Å². The van der Waals surface area contributed by atoms with E-state index in [0.29, 0.717) is 11.4 Å². The molecule has 0 bridgehead atoms. The zero-order valence-electron chi connectivity index (χ0n) is 12.4. The molecule has 0 amide bonds. The summed E-state index contributed by atoms with van der Waals surface area (Å²) in [6.07, 6.45) is 0. The highest BCUT2D eigenvalue weighted by molar-refractivity contribution is 7.98. The third-order valence-electron chi connectivity index (χ3n) is 3.36. The minimum Gasteiger partial charge on any atom is -0.497 e. The Hall–Kier alpha value is -2.27. The molecular formula is C17H16N2O2S. The second kappa shape index (κ2) is 6.23. The van der Waals surface area contributed by atoms with Gasteiger partial charge in [-0.25, -0.2) is 4.98 Å². The first kappa shape index (κ1) is 14.7. The van der Waals surface area contributed by atoms with Crippen molar-refractivity contribution in [1.29, 1.82) is 0 Å². The lowest BCUT2D eigenvalue weighted by Gasteiger charge is -2.07. The van der Waals surface area contributed by atoms with Crippen LogP contribution in [0.1, 0.15) is 11.4 Å². The first-order valence-corrected chi connectivity index (χ1v) is 7.91. The van der Waals surface area contributed by atoms with Crippen LogP contribution in [-0.2, 0) is 5.75 Å². The lowest BCUT2D eigenvalue weighted by Crippen LogP contribution is -2.17. The van der Waals surface area contributed by atoms with Crippen LogP contribution in [0.4, 0.5) is 0 Å². The van der Waals surface area contributed by atoms with E-state index in [1.54, 1.807) is 29.3 Å². The molecule has 1 aromatic carbocycles. The number of hydrogen-bond acceptors (Lipinski definition) is 4. The number of fused-ring (bicyclic) bond motifs is 1. The number of aromatic nitrogens is 2. The number of ether oxygens (including phenoxy) is 1. The van der Waals surface area contributed by atoms with E-state index in [-0.39, 0.29) is 5.56 Å². The van der Waals surface area contributed by atoms with Crippen molar-refractivity contribution in [3.8, 4) is 5.75 Å². The number of aryl methyl sites for hydroxylation is 1. The van der Waals surface area contributed by atoms with Crippen molar-refractivity contribution in [2.24, 2.45) is 0 Å². The average Bonchev–Trinajstić information content (AvgIpc) is 2.53. The van der Waals surface area contributed by atoms with Gasteiger partial charge in [0.2, 0.25) is 0 Å². The van der Waals surface area contributed by atoms with Crippen LogP contribution in [0.25, 0.3) is 5.65 Å².